The zero-order chi connectivity index (χ0) is 24.7. The molecule has 0 spiro atoms. The summed E-state index contributed by atoms with van der Waals surface area (Å²) in [7, 11) is -3.39. The minimum atomic E-state index is -3.39. The van der Waals surface area contributed by atoms with Gasteiger partial charge in [0.2, 0.25) is 5.95 Å². The predicted molar refractivity (Wildman–Crippen MR) is 130 cm³/mol. The van der Waals surface area contributed by atoms with Crippen molar-refractivity contribution < 1.29 is 23.1 Å². The number of nitrogens with one attached hydrogen (secondary N) is 1. The molecule has 0 aliphatic rings. The fourth-order valence-corrected chi connectivity index (χ4v) is 4.01. The Bertz CT molecular complexity index is 1270. The molecule has 1 heterocycles. The number of carbonyl (C=O) groups excluding carboxylic acids is 1. The Labute approximate surface area is 198 Å². The van der Waals surface area contributed by atoms with Crippen LogP contribution in [0.15, 0.2) is 70.7 Å². The van der Waals surface area contributed by atoms with Gasteiger partial charge in [0.25, 0.3) is 0 Å². The van der Waals surface area contributed by atoms with Gasteiger partial charge in [-0.25, -0.2) is 23.2 Å². The van der Waals surface area contributed by atoms with Crippen LogP contribution in [0.5, 0.6) is 0 Å². The molecule has 2 aromatic carbocycles. The number of sulfone groups is 1. The molecular weight excluding hydrogens is 456 g/mol. The van der Waals surface area contributed by atoms with Crippen LogP contribution in [0, 0.1) is 0 Å². The highest BCUT2D eigenvalue weighted by Gasteiger charge is 2.19. The maximum Gasteiger partial charge on any atom is 0.343 e. The molecule has 1 aromatic heterocycles. The van der Waals surface area contributed by atoms with E-state index in [1.165, 1.54) is 18.3 Å². The molecule has 0 saturated carbocycles. The number of hydrogen-bond donors (Lipinski definition) is 2. The van der Waals surface area contributed by atoms with E-state index >= 15 is 0 Å². The number of nitrogens with zero attached hydrogens (tertiary/aromatic N) is 3. The van der Waals surface area contributed by atoms with E-state index in [9.17, 15) is 18.3 Å². The molecule has 10 heteroatoms. The SMILES string of the molecule is CCOC(=O)c1cnc(Nc2ccc(S(=O)(=O)C(C)C)cc2)nc1N=C(CO)c1ccccc1. The normalized spacial score (nSPS) is 12.0. The highest BCUT2D eigenvalue weighted by atomic mass is 32.2. The third-order valence-corrected chi connectivity index (χ3v) is 6.99. The largest absolute Gasteiger partial charge is 0.462 e. The Morgan fingerprint density at radius 2 is 1.79 bits per heavy atom. The van der Waals surface area contributed by atoms with Gasteiger partial charge in [-0.1, -0.05) is 30.3 Å². The monoisotopic (exact) mass is 482 g/mol. The van der Waals surface area contributed by atoms with Gasteiger partial charge >= 0.3 is 5.97 Å². The van der Waals surface area contributed by atoms with Crippen LogP contribution in [0.3, 0.4) is 0 Å². The fraction of sp³-hybridized carbons (Fsp3) is 0.250. The number of aliphatic hydroxyl groups excluding tert-OH is 1. The molecule has 3 aromatic rings. The molecule has 0 aliphatic carbocycles. The molecule has 0 atom stereocenters. The highest BCUT2D eigenvalue weighted by molar-refractivity contribution is 7.92. The second kappa shape index (κ2) is 11.0. The molecule has 0 bridgehead atoms. The molecule has 0 radical (unpaired) electrons. The Morgan fingerprint density at radius 3 is 2.38 bits per heavy atom. The highest BCUT2D eigenvalue weighted by Crippen LogP contribution is 2.24. The summed E-state index contributed by atoms with van der Waals surface area (Å²) in [5.74, 6) is -0.471. The average Bonchev–Trinajstić information content (AvgIpc) is 2.83. The zero-order valence-corrected chi connectivity index (χ0v) is 19.9. The Morgan fingerprint density at radius 1 is 1.12 bits per heavy atom. The Balaban J connectivity index is 1.97. The number of ether oxygens (including phenoxy) is 1. The van der Waals surface area contributed by atoms with E-state index in [1.807, 2.05) is 18.2 Å². The van der Waals surface area contributed by atoms with Crippen LogP contribution in [0.1, 0.15) is 36.7 Å². The Hall–Kier alpha value is -3.63. The van der Waals surface area contributed by atoms with Crippen molar-refractivity contribution in [2.24, 2.45) is 4.99 Å². The molecule has 178 valence electrons. The summed E-state index contributed by atoms with van der Waals surface area (Å²) in [6.07, 6.45) is 1.30. The second-order valence-electron chi connectivity index (χ2n) is 7.48. The van der Waals surface area contributed by atoms with E-state index in [-0.39, 0.29) is 35.4 Å². The number of aliphatic imine (C=N–C) groups is 1. The van der Waals surface area contributed by atoms with Crippen molar-refractivity contribution in [1.82, 2.24) is 9.97 Å². The van der Waals surface area contributed by atoms with Gasteiger partial charge in [-0.2, -0.15) is 4.98 Å². The summed E-state index contributed by atoms with van der Waals surface area (Å²) < 4.78 is 29.7. The summed E-state index contributed by atoms with van der Waals surface area (Å²) in [6, 6.07) is 15.2. The lowest BCUT2D eigenvalue weighted by atomic mass is 10.1. The van der Waals surface area contributed by atoms with Crippen molar-refractivity contribution in [3.05, 3.63) is 71.9 Å². The average molecular weight is 483 g/mol. The van der Waals surface area contributed by atoms with Gasteiger partial charge in [0.05, 0.1) is 29.1 Å². The van der Waals surface area contributed by atoms with Crippen LogP contribution in [-0.4, -0.2) is 53.6 Å². The van der Waals surface area contributed by atoms with Gasteiger partial charge in [0, 0.05) is 11.9 Å². The van der Waals surface area contributed by atoms with E-state index in [1.54, 1.807) is 45.0 Å². The van der Waals surface area contributed by atoms with E-state index in [0.717, 1.165) is 0 Å². The number of hydrogen-bond acceptors (Lipinski definition) is 9. The van der Waals surface area contributed by atoms with E-state index in [2.05, 4.69) is 20.3 Å². The van der Waals surface area contributed by atoms with Crippen LogP contribution in [-0.2, 0) is 14.6 Å². The van der Waals surface area contributed by atoms with Crippen molar-refractivity contribution >= 4 is 39.0 Å². The number of carbonyl (C=O) groups is 1. The number of anilines is 2. The smallest absolute Gasteiger partial charge is 0.343 e. The van der Waals surface area contributed by atoms with Gasteiger partial charge in [-0.3, -0.25) is 0 Å². The lowest BCUT2D eigenvalue weighted by molar-refractivity contribution is 0.0526. The van der Waals surface area contributed by atoms with Crippen LogP contribution in [0.4, 0.5) is 17.5 Å². The van der Waals surface area contributed by atoms with E-state index < -0.39 is 21.1 Å². The number of benzene rings is 2. The summed E-state index contributed by atoms with van der Waals surface area (Å²) >= 11 is 0. The molecular formula is C24H26N4O5S. The van der Waals surface area contributed by atoms with Gasteiger partial charge in [0.15, 0.2) is 15.7 Å². The molecule has 0 saturated heterocycles. The standard InChI is InChI=1S/C24H26N4O5S/c1-4-33-23(30)20-14-25-24(26-18-10-12-19(13-11-18)34(31,32)16(2)3)28-22(20)27-21(15-29)17-8-6-5-7-9-17/h5-14,16,29H,4,15H2,1-3H3,(H,25,26,28). The minimum Gasteiger partial charge on any atom is -0.462 e. The molecule has 34 heavy (non-hydrogen) atoms. The predicted octanol–water partition coefficient (Wildman–Crippen LogP) is 3.69. The van der Waals surface area contributed by atoms with Gasteiger partial charge < -0.3 is 15.2 Å². The van der Waals surface area contributed by atoms with Crippen molar-refractivity contribution in [3.8, 4) is 0 Å². The van der Waals surface area contributed by atoms with E-state index in [4.69, 9.17) is 4.74 Å². The number of aromatic nitrogens is 2. The molecule has 0 unspecified atom stereocenters. The first kappa shape index (κ1) is 25.0. The molecule has 0 fully saturated rings. The maximum absolute atomic E-state index is 12.4. The fourth-order valence-electron chi connectivity index (χ4n) is 2.95. The van der Waals surface area contributed by atoms with Gasteiger partial charge in [-0.15, -0.1) is 0 Å². The zero-order valence-electron chi connectivity index (χ0n) is 19.1. The van der Waals surface area contributed by atoms with Gasteiger partial charge in [-0.05, 0) is 50.6 Å². The first-order valence-electron chi connectivity index (χ1n) is 10.6. The summed E-state index contributed by atoms with van der Waals surface area (Å²) in [5.41, 5.74) is 1.59. The van der Waals surface area contributed by atoms with E-state index in [0.29, 0.717) is 17.0 Å². The second-order valence-corrected chi connectivity index (χ2v) is 9.98. The van der Waals surface area contributed by atoms with Crippen LogP contribution in [0.25, 0.3) is 0 Å². The summed E-state index contributed by atoms with van der Waals surface area (Å²) in [4.78, 5) is 25.6. The van der Waals surface area contributed by atoms with Crippen molar-refractivity contribution in [2.75, 3.05) is 18.5 Å². The van der Waals surface area contributed by atoms with Crippen molar-refractivity contribution in [1.29, 1.82) is 0 Å². The van der Waals surface area contributed by atoms with Crippen LogP contribution in [0.2, 0.25) is 0 Å². The first-order chi connectivity index (χ1) is 16.3. The van der Waals surface area contributed by atoms with Crippen LogP contribution < -0.4 is 5.32 Å². The molecule has 9 nitrogen and oxygen atoms in total. The molecule has 2 N–H and O–H groups in total. The lowest BCUT2D eigenvalue weighted by Crippen LogP contribution is -2.13. The Kier molecular flexibility index (Phi) is 8.08. The van der Waals surface area contributed by atoms with Crippen molar-refractivity contribution in [2.45, 2.75) is 30.9 Å². The van der Waals surface area contributed by atoms with Crippen molar-refractivity contribution in [3.63, 3.8) is 0 Å². The molecule has 0 amide bonds. The number of esters is 1. The third-order valence-electron chi connectivity index (χ3n) is 4.82. The van der Waals surface area contributed by atoms with Gasteiger partial charge in [0.1, 0.15) is 5.56 Å². The molecule has 0 aliphatic heterocycles. The maximum atomic E-state index is 12.4. The minimum absolute atomic E-state index is 0.0304. The summed E-state index contributed by atoms with van der Waals surface area (Å²) in [5, 5.41) is 12.3. The first-order valence-corrected chi connectivity index (χ1v) is 12.2. The molecule has 3 rings (SSSR count). The summed E-state index contributed by atoms with van der Waals surface area (Å²) in [6.45, 7) is 4.73. The number of rotatable bonds is 9. The van der Waals surface area contributed by atoms with Crippen LogP contribution >= 0.6 is 0 Å². The third kappa shape index (κ3) is 5.83. The number of aliphatic hydroxyl groups is 1. The topological polar surface area (TPSA) is 131 Å². The quantitative estimate of drug-likeness (QED) is 0.349. The lowest BCUT2D eigenvalue weighted by Gasteiger charge is -2.11.